The summed E-state index contributed by atoms with van der Waals surface area (Å²) in [7, 11) is 0. The van der Waals surface area contributed by atoms with Gasteiger partial charge in [0.25, 0.3) is 5.56 Å². The van der Waals surface area contributed by atoms with Crippen molar-refractivity contribution in [2.24, 2.45) is 0 Å². The standard InChI is InChI=1S/C22H32N6O2/c1-17(2)28-16-24-20-15-18(3-4-19(20)22(28)30)27-13-11-26(12-14-27)10-9-25-7-5-21(29)23-6-8-25/h3-4,15-17H,5-14H2,1-2H3,(H,23,29). The highest BCUT2D eigenvalue weighted by molar-refractivity contribution is 5.81. The van der Waals surface area contributed by atoms with Gasteiger partial charge in [0.2, 0.25) is 5.91 Å². The van der Waals surface area contributed by atoms with E-state index in [2.05, 4.69) is 25.0 Å². The van der Waals surface area contributed by atoms with E-state index in [1.807, 2.05) is 32.0 Å². The van der Waals surface area contributed by atoms with Crippen molar-refractivity contribution in [3.8, 4) is 0 Å². The zero-order valence-corrected chi connectivity index (χ0v) is 18.0. The Bertz CT molecular complexity index is 948. The molecule has 1 aromatic carbocycles. The fraction of sp³-hybridized carbons (Fsp3) is 0.591. The second-order valence-corrected chi connectivity index (χ2v) is 8.52. The summed E-state index contributed by atoms with van der Waals surface area (Å²) in [6.07, 6.45) is 2.26. The van der Waals surface area contributed by atoms with Gasteiger partial charge in [-0.3, -0.25) is 24.0 Å². The minimum absolute atomic E-state index is 0.0248. The Kier molecular flexibility index (Phi) is 6.34. The molecule has 0 atom stereocenters. The molecule has 0 bridgehead atoms. The molecular weight excluding hydrogens is 380 g/mol. The largest absolute Gasteiger partial charge is 0.369 e. The Morgan fingerprint density at radius 1 is 1.00 bits per heavy atom. The molecule has 2 fully saturated rings. The molecule has 8 heteroatoms. The Morgan fingerprint density at radius 2 is 1.73 bits per heavy atom. The number of benzene rings is 1. The predicted molar refractivity (Wildman–Crippen MR) is 119 cm³/mol. The molecule has 4 rings (SSSR count). The predicted octanol–water partition coefficient (Wildman–Crippen LogP) is 0.921. The second kappa shape index (κ2) is 9.14. The van der Waals surface area contributed by atoms with Gasteiger partial charge in [0.15, 0.2) is 0 Å². The number of carbonyl (C=O) groups is 1. The van der Waals surface area contributed by atoms with Crippen LogP contribution >= 0.6 is 0 Å². The van der Waals surface area contributed by atoms with Crippen molar-refractivity contribution < 1.29 is 4.79 Å². The first kappa shape index (κ1) is 20.8. The van der Waals surface area contributed by atoms with Crippen LogP contribution in [0.15, 0.2) is 29.3 Å². The smallest absolute Gasteiger partial charge is 0.261 e. The molecule has 1 amide bonds. The van der Waals surface area contributed by atoms with Crippen molar-refractivity contribution in [1.82, 2.24) is 24.7 Å². The summed E-state index contributed by atoms with van der Waals surface area (Å²) >= 11 is 0. The van der Waals surface area contributed by atoms with E-state index in [0.717, 1.165) is 70.1 Å². The second-order valence-electron chi connectivity index (χ2n) is 8.52. The number of anilines is 1. The maximum atomic E-state index is 12.6. The van der Waals surface area contributed by atoms with Crippen LogP contribution in [0.3, 0.4) is 0 Å². The zero-order chi connectivity index (χ0) is 21.1. The summed E-state index contributed by atoms with van der Waals surface area (Å²) in [5.41, 5.74) is 1.92. The van der Waals surface area contributed by atoms with Gasteiger partial charge in [-0.25, -0.2) is 4.98 Å². The van der Waals surface area contributed by atoms with Crippen molar-refractivity contribution in [3.63, 3.8) is 0 Å². The average molecular weight is 413 g/mol. The third-order valence-corrected chi connectivity index (χ3v) is 6.20. The third-order valence-electron chi connectivity index (χ3n) is 6.20. The van der Waals surface area contributed by atoms with Gasteiger partial charge in [0.1, 0.15) is 0 Å². The molecule has 3 heterocycles. The first-order valence-electron chi connectivity index (χ1n) is 11.0. The monoisotopic (exact) mass is 412 g/mol. The van der Waals surface area contributed by atoms with Gasteiger partial charge in [-0.05, 0) is 32.0 Å². The van der Waals surface area contributed by atoms with E-state index in [4.69, 9.17) is 0 Å². The van der Waals surface area contributed by atoms with E-state index >= 15 is 0 Å². The lowest BCUT2D eigenvalue weighted by molar-refractivity contribution is -0.120. The number of hydrogen-bond acceptors (Lipinski definition) is 6. The SMILES string of the molecule is CC(C)n1cnc2cc(N3CCN(CCN4CCNC(=O)CC4)CC3)ccc2c1=O. The zero-order valence-electron chi connectivity index (χ0n) is 18.0. The van der Waals surface area contributed by atoms with Crippen molar-refractivity contribution in [3.05, 3.63) is 34.9 Å². The minimum atomic E-state index is 0.0248. The normalized spacial score (nSPS) is 19.3. The number of nitrogens with zero attached hydrogens (tertiary/aromatic N) is 5. The summed E-state index contributed by atoms with van der Waals surface area (Å²) in [4.78, 5) is 35.9. The number of carbonyl (C=O) groups excluding carboxylic acids is 1. The fourth-order valence-corrected chi connectivity index (χ4v) is 4.24. The molecule has 0 spiro atoms. The lowest BCUT2D eigenvalue weighted by Gasteiger charge is -2.37. The summed E-state index contributed by atoms with van der Waals surface area (Å²) in [5, 5.41) is 3.61. The molecule has 0 radical (unpaired) electrons. The first-order chi connectivity index (χ1) is 14.5. The van der Waals surface area contributed by atoms with E-state index in [1.165, 1.54) is 0 Å². The molecule has 0 aliphatic carbocycles. The van der Waals surface area contributed by atoms with Gasteiger partial charge >= 0.3 is 0 Å². The highest BCUT2D eigenvalue weighted by Crippen LogP contribution is 2.21. The summed E-state index contributed by atoms with van der Waals surface area (Å²) < 4.78 is 1.68. The minimum Gasteiger partial charge on any atom is -0.369 e. The first-order valence-corrected chi connectivity index (χ1v) is 11.0. The summed E-state index contributed by atoms with van der Waals surface area (Å²) in [5.74, 6) is 0.166. The van der Waals surface area contributed by atoms with Gasteiger partial charge in [-0.2, -0.15) is 0 Å². The van der Waals surface area contributed by atoms with E-state index in [0.29, 0.717) is 11.8 Å². The van der Waals surface area contributed by atoms with Gasteiger partial charge in [-0.1, -0.05) is 0 Å². The molecule has 8 nitrogen and oxygen atoms in total. The van der Waals surface area contributed by atoms with E-state index in [9.17, 15) is 9.59 Å². The Balaban J connectivity index is 1.33. The lowest BCUT2D eigenvalue weighted by Crippen LogP contribution is -2.48. The highest BCUT2D eigenvalue weighted by Gasteiger charge is 2.20. The van der Waals surface area contributed by atoms with Gasteiger partial charge in [0.05, 0.1) is 17.2 Å². The quantitative estimate of drug-likeness (QED) is 0.787. The molecule has 0 saturated carbocycles. The third kappa shape index (κ3) is 4.65. The molecule has 0 unspecified atom stereocenters. The van der Waals surface area contributed by atoms with E-state index in [1.54, 1.807) is 10.9 Å². The van der Waals surface area contributed by atoms with Crippen molar-refractivity contribution >= 4 is 22.5 Å². The van der Waals surface area contributed by atoms with Crippen LogP contribution in [0.2, 0.25) is 0 Å². The Hall–Kier alpha value is -2.45. The van der Waals surface area contributed by atoms with Crippen LogP contribution in [0.25, 0.3) is 10.9 Å². The number of hydrogen-bond donors (Lipinski definition) is 1. The van der Waals surface area contributed by atoms with Crippen LogP contribution in [-0.2, 0) is 4.79 Å². The number of amides is 1. The number of fused-ring (bicyclic) bond motifs is 1. The molecule has 2 aromatic rings. The van der Waals surface area contributed by atoms with E-state index < -0.39 is 0 Å². The summed E-state index contributed by atoms with van der Waals surface area (Å²) in [6.45, 7) is 12.6. The summed E-state index contributed by atoms with van der Waals surface area (Å²) in [6, 6.07) is 6.11. The van der Waals surface area contributed by atoms with Crippen molar-refractivity contribution in [2.45, 2.75) is 26.3 Å². The van der Waals surface area contributed by atoms with Crippen molar-refractivity contribution in [1.29, 1.82) is 0 Å². The number of rotatable bonds is 5. The maximum Gasteiger partial charge on any atom is 0.261 e. The molecule has 2 aliphatic heterocycles. The lowest BCUT2D eigenvalue weighted by atomic mass is 10.2. The van der Waals surface area contributed by atoms with Gasteiger partial charge in [-0.15, -0.1) is 0 Å². The van der Waals surface area contributed by atoms with Crippen molar-refractivity contribution in [2.75, 3.05) is 63.8 Å². The van der Waals surface area contributed by atoms with Gasteiger partial charge in [0, 0.05) is 77.1 Å². The topological polar surface area (TPSA) is 73.7 Å². The van der Waals surface area contributed by atoms with Crippen LogP contribution in [0.5, 0.6) is 0 Å². The highest BCUT2D eigenvalue weighted by atomic mass is 16.1. The molecule has 30 heavy (non-hydrogen) atoms. The average Bonchev–Trinajstić information content (AvgIpc) is 2.96. The molecule has 162 valence electrons. The number of nitrogens with one attached hydrogen (secondary N) is 1. The fourth-order valence-electron chi connectivity index (χ4n) is 4.24. The Labute approximate surface area is 177 Å². The van der Waals surface area contributed by atoms with Crippen LogP contribution < -0.4 is 15.8 Å². The van der Waals surface area contributed by atoms with Crippen LogP contribution in [0.1, 0.15) is 26.3 Å². The molecular formula is C22H32N6O2. The molecule has 1 aromatic heterocycles. The number of aromatic nitrogens is 2. The van der Waals surface area contributed by atoms with Crippen LogP contribution in [0.4, 0.5) is 5.69 Å². The number of piperazine rings is 1. The molecule has 1 N–H and O–H groups in total. The van der Waals surface area contributed by atoms with E-state index in [-0.39, 0.29) is 17.5 Å². The maximum absolute atomic E-state index is 12.6. The van der Waals surface area contributed by atoms with Crippen LogP contribution in [0, 0.1) is 0 Å². The van der Waals surface area contributed by atoms with Crippen LogP contribution in [-0.4, -0.2) is 84.2 Å². The molecule has 2 aliphatic rings. The molecule has 2 saturated heterocycles. The van der Waals surface area contributed by atoms with Gasteiger partial charge < -0.3 is 10.2 Å². The Morgan fingerprint density at radius 3 is 2.47 bits per heavy atom.